The van der Waals surface area contributed by atoms with Crippen LogP contribution in [0.5, 0.6) is 0 Å². The molecule has 21 heavy (non-hydrogen) atoms. The number of nitrogens with zero attached hydrogens (tertiary/aromatic N) is 2. The summed E-state index contributed by atoms with van der Waals surface area (Å²) in [5.41, 5.74) is 2.97. The van der Waals surface area contributed by atoms with Crippen molar-refractivity contribution in [1.82, 2.24) is 9.78 Å². The summed E-state index contributed by atoms with van der Waals surface area (Å²) in [7, 11) is 0. The SMILES string of the molecule is Cc1ccc(NC(=O)c2ccn(C(C)C(=O)O)n2)c(C)c1. The summed E-state index contributed by atoms with van der Waals surface area (Å²) in [4.78, 5) is 23.0. The van der Waals surface area contributed by atoms with E-state index in [0.29, 0.717) is 5.69 Å². The second-order valence-corrected chi connectivity index (χ2v) is 4.97. The number of benzene rings is 1. The van der Waals surface area contributed by atoms with Crippen molar-refractivity contribution in [2.75, 3.05) is 5.32 Å². The second-order valence-electron chi connectivity index (χ2n) is 4.97. The van der Waals surface area contributed by atoms with Crippen molar-refractivity contribution in [3.8, 4) is 0 Å². The molecule has 1 aromatic heterocycles. The van der Waals surface area contributed by atoms with E-state index in [0.717, 1.165) is 11.1 Å². The summed E-state index contributed by atoms with van der Waals surface area (Å²) in [6, 6.07) is 6.40. The van der Waals surface area contributed by atoms with Gasteiger partial charge in [0.05, 0.1) is 0 Å². The third-order valence-corrected chi connectivity index (χ3v) is 3.23. The molecule has 6 heteroatoms. The number of carboxylic acids is 1. The van der Waals surface area contributed by atoms with Crippen LogP contribution < -0.4 is 5.32 Å². The molecular weight excluding hydrogens is 270 g/mol. The van der Waals surface area contributed by atoms with Gasteiger partial charge in [0.25, 0.3) is 5.91 Å². The Bertz CT molecular complexity index is 691. The van der Waals surface area contributed by atoms with Crippen molar-refractivity contribution in [3.63, 3.8) is 0 Å². The van der Waals surface area contributed by atoms with Gasteiger partial charge in [0, 0.05) is 11.9 Å². The molecule has 2 rings (SSSR count). The van der Waals surface area contributed by atoms with Gasteiger partial charge in [-0.3, -0.25) is 9.48 Å². The van der Waals surface area contributed by atoms with E-state index >= 15 is 0 Å². The van der Waals surface area contributed by atoms with Crippen molar-refractivity contribution in [2.45, 2.75) is 26.8 Å². The topological polar surface area (TPSA) is 84.2 Å². The Morgan fingerprint density at radius 2 is 2.00 bits per heavy atom. The van der Waals surface area contributed by atoms with Gasteiger partial charge < -0.3 is 10.4 Å². The van der Waals surface area contributed by atoms with Crippen molar-refractivity contribution in [3.05, 3.63) is 47.3 Å². The Morgan fingerprint density at radius 1 is 1.29 bits per heavy atom. The predicted octanol–water partition coefficient (Wildman–Crippen LogP) is 2.40. The molecule has 1 atom stereocenters. The smallest absolute Gasteiger partial charge is 0.328 e. The molecule has 1 unspecified atom stereocenters. The number of aromatic nitrogens is 2. The van der Waals surface area contributed by atoms with Crippen LogP contribution in [0.25, 0.3) is 0 Å². The molecule has 0 aliphatic carbocycles. The molecule has 0 aliphatic rings. The summed E-state index contributed by atoms with van der Waals surface area (Å²) < 4.78 is 1.25. The minimum atomic E-state index is -1.00. The third-order valence-electron chi connectivity index (χ3n) is 3.23. The van der Waals surface area contributed by atoms with Crippen LogP contribution in [-0.2, 0) is 4.79 Å². The Balaban J connectivity index is 2.15. The lowest BCUT2D eigenvalue weighted by Crippen LogP contribution is -2.18. The fourth-order valence-electron chi connectivity index (χ4n) is 1.93. The van der Waals surface area contributed by atoms with Crippen LogP contribution in [0.4, 0.5) is 5.69 Å². The van der Waals surface area contributed by atoms with Gasteiger partial charge in [-0.05, 0) is 38.5 Å². The quantitative estimate of drug-likeness (QED) is 0.904. The van der Waals surface area contributed by atoms with Crippen molar-refractivity contribution in [2.24, 2.45) is 0 Å². The predicted molar refractivity (Wildman–Crippen MR) is 78.4 cm³/mol. The zero-order valence-electron chi connectivity index (χ0n) is 12.1. The number of carboxylic acid groups (broad SMARTS) is 1. The summed E-state index contributed by atoms with van der Waals surface area (Å²) in [5, 5.41) is 15.7. The fourth-order valence-corrected chi connectivity index (χ4v) is 1.93. The highest BCUT2D eigenvalue weighted by atomic mass is 16.4. The highest BCUT2D eigenvalue weighted by molar-refractivity contribution is 6.03. The Morgan fingerprint density at radius 3 is 2.62 bits per heavy atom. The lowest BCUT2D eigenvalue weighted by Gasteiger charge is -2.08. The molecule has 0 bridgehead atoms. The highest BCUT2D eigenvalue weighted by Gasteiger charge is 2.17. The van der Waals surface area contributed by atoms with Crippen LogP contribution in [0.15, 0.2) is 30.5 Å². The van der Waals surface area contributed by atoms with Gasteiger partial charge in [0.15, 0.2) is 5.69 Å². The lowest BCUT2D eigenvalue weighted by atomic mass is 10.1. The number of hydrogen-bond donors (Lipinski definition) is 2. The molecule has 1 heterocycles. The number of amides is 1. The lowest BCUT2D eigenvalue weighted by molar-refractivity contribution is -0.140. The zero-order valence-corrected chi connectivity index (χ0v) is 12.1. The van der Waals surface area contributed by atoms with Crippen LogP contribution in [-0.4, -0.2) is 26.8 Å². The van der Waals surface area contributed by atoms with Crippen LogP contribution >= 0.6 is 0 Å². The van der Waals surface area contributed by atoms with E-state index in [9.17, 15) is 9.59 Å². The maximum absolute atomic E-state index is 12.1. The van der Waals surface area contributed by atoms with Crippen molar-refractivity contribution in [1.29, 1.82) is 0 Å². The standard InChI is InChI=1S/C15H17N3O3/c1-9-4-5-12(10(2)8-9)16-14(19)13-6-7-18(17-13)11(3)15(20)21/h4-8,11H,1-3H3,(H,16,19)(H,20,21). The molecule has 0 radical (unpaired) electrons. The Kier molecular flexibility index (Phi) is 4.07. The van der Waals surface area contributed by atoms with Gasteiger partial charge in [-0.15, -0.1) is 0 Å². The molecule has 110 valence electrons. The first-order valence-corrected chi connectivity index (χ1v) is 6.55. The Hall–Kier alpha value is -2.63. The van der Waals surface area contributed by atoms with Crippen molar-refractivity contribution >= 4 is 17.6 Å². The highest BCUT2D eigenvalue weighted by Crippen LogP contribution is 2.17. The first-order valence-electron chi connectivity index (χ1n) is 6.55. The fraction of sp³-hybridized carbons (Fsp3) is 0.267. The maximum Gasteiger partial charge on any atom is 0.328 e. The first-order chi connectivity index (χ1) is 9.88. The van der Waals surface area contributed by atoms with Gasteiger partial charge in [0.2, 0.25) is 0 Å². The molecule has 6 nitrogen and oxygen atoms in total. The van der Waals surface area contributed by atoms with Crippen molar-refractivity contribution < 1.29 is 14.7 Å². The molecule has 0 saturated heterocycles. The summed E-state index contributed by atoms with van der Waals surface area (Å²) in [6.45, 7) is 5.39. The zero-order chi connectivity index (χ0) is 15.6. The van der Waals surface area contributed by atoms with Crippen LogP contribution in [0.2, 0.25) is 0 Å². The summed E-state index contributed by atoms with van der Waals surface area (Å²) in [6.07, 6.45) is 1.48. The molecule has 0 saturated carbocycles. The van der Waals surface area contributed by atoms with E-state index in [-0.39, 0.29) is 11.6 Å². The van der Waals surface area contributed by atoms with E-state index in [4.69, 9.17) is 5.11 Å². The molecule has 2 N–H and O–H groups in total. The summed E-state index contributed by atoms with van der Waals surface area (Å²) >= 11 is 0. The minimum Gasteiger partial charge on any atom is -0.480 e. The average molecular weight is 287 g/mol. The van der Waals surface area contributed by atoms with E-state index in [1.165, 1.54) is 23.9 Å². The summed E-state index contributed by atoms with van der Waals surface area (Å²) in [5.74, 6) is -1.36. The molecular formula is C15H17N3O3. The number of anilines is 1. The number of carbonyl (C=O) groups excluding carboxylic acids is 1. The first kappa shape index (κ1) is 14.8. The van der Waals surface area contributed by atoms with E-state index in [1.54, 1.807) is 0 Å². The average Bonchev–Trinajstić information content (AvgIpc) is 2.90. The number of aryl methyl sites for hydroxylation is 2. The monoisotopic (exact) mass is 287 g/mol. The second kappa shape index (κ2) is 5.78. The molecule has 2 aromatic rings. The Labute approximate surface area is 122 Å². The normalized spacial score (nSPS) is 12.0. The molecule has 0 spiro atoms. The minimum absolute atomic E-state index is 0.183. The van der Waals surface area contributed by atoms with Gasteiger partial charge in [0.1, 0.15) is 6.04 Å². The van der Waals surface area contributed by atoms with Crippen LogP contribution in [0.3, 0.4) is 0 Å². The van der Waals surface area contributed by atoms with Gasteiger partial charge >= 0.3 is 5.97 Å². The molecule has 0 aliphatic heterocycles. The number of nitrogens with one attached hydrogen (secondary N) is 1. The van der Waals surface area contributed by atoms with Gasteiger partial charge in [-0.25, -0.2) is 4.79 Å². The largest absolute Gasteiger partial charge is 0.480 e. The van der Waals surface area contributed by atoms with Gasteiger partial charge in [-0.1, -0.05) is 17.7 Å². The molecule has 0 fully saturated rings. The van der Waals surface area contributed by atoms with E-state index < -0.39 is 12.0 Å². The van der Waals surface area contributed by atoms with Gasteiger partial charge in [-0.2, -0.15) is 5.10 Å². The van der Waals surface area contributed by atoms with E-state index in [2.05, 4.69) is 10.4 Å². The maximum atomic E-state index is 12.1. The number of rotatable bonds is 4. The van der Waals surface area contributed by atoms with Crippen LogP contribution in [0.1, 0.15) is 34.6 Å². The number of hydrogen-bond acceptors (Lipinski definition) is 3. The molecule has 1 amide bonds. The number of carbonyl (C=O) groups is 2. The number of aliphatic carboxylic acids is 1. The van der Waals surface area contributed by atoms with Crippen LogP contribution in [0, 0.1) is 13.8 Å². The third kappa shape index (κ3) is 3.28. The molecule has 1 aromatic carbocycles. The van der Waals surface area contributed by atoms with E-state index in [1.807, 2.05) is 32.0 Å².